The number of hydrogen-bond donors (Lipinski definition) is 0. The fourth-order valence-corrected chi connectivity index (χ4v) is 2.66. The van der Waals surface area contributed by atoms with Crippen LogP contribution in [0.1, 0.15) is 41.6 Å². The van der Waals surface area contributed by atoms with Crippen molar-refractivity contribution in [2.45, 2.75) is 32.6 Å². The van der Waals surface area contributed by atoms with Crippen molar-refractivity contribution in [2.24, 2.45) is 0 Å². The van der Waals surface area contributed by atoms with Crippen LogP contribution in [0.3, 0.4) is 0 Å². The smallest absolute Gasteiger partial charge is 0.339 e. The highest BCUT2D eigenvalue weighted by Gasteiger charge is 2.21. The third kappa shape index (κ3) is 4.28. The Balaban J connectivity index is 1.98. The van der Waals surface area contributed by atoms with Gasteiger partial charge in [-0.05, 0) is 25.8 Å². The van der Waals surface area contributed by atoms with E-state index in [0.717, 1.165) is 25.7 Å². The molecule has 1 aliphatic heterocycles. The lowest BCUT2D eigenvalue weighted by Gasteiger charge is -2.20. The van der Waals surface area contributed by atoms with E-state index in [-0.39, 0.29) is 29.3 Å². The van der Waals surface area contributed by atoms with E-state index in [1.807, 2.05) is 0 Å². The van der Waals surface area contributed by atoms with Gasteiger partial charge in [0.25, 0.3) is 11.6 Å². The van der Waals surface area contributed by atoms with E-state index in [0.29, 0.717) is 13.1 Å². The Hall–Kier alpha value is -2.44. The molecule has 0 bridgehead atoms. The van der Waals surface area contributed by atoms with Crippen molar-refractivity contribution in [2.75, 3.05) is 19.7 Å². The molecule has 124 valence electrons. The van der Waals surface area contributed by atoms with Crippen LogP contribution in [0.15, 0.2) is 18.2 Å². The highest BCUT2D eigenvalue weighted by Crippen LogP contribution is 2.21. The molecule has 0 unspecified atom stereocenters. The summed E-state index contributed by atoms with van der Waals surface area (Å²) < 4.78 is 5.05. The lowest BCUT2D eigenvalue weighted by Crippen LogP contribution is -2.35. The zero-order chi connectivity index (χ0) is 16.8. The first-order valence-electron chi connectivity index (χ1n) is 7.69. The normalized spacial score (nSPS) is 14.9. The highest BCUT2D eigenvalue weighted by atomic mass is 16.6. The number of hydrogen-bond acceptors (Lipinski definition) is 5. The summed E-state index contributed by atoms with van der Waals surface area (Å²) >= 11 is 0. The topological polar surface area (TPSA) is 89.8 Å². The van der Waals surface area contributed by atoms with Crippen LogP contribution in [0.5, 0.6) is 0 Å². The quantitative estimate of drug-likeness (QED) is 0.483. The molecular formula is C16H20N2O5. The maximum Gasteiger partial charge on any atom is 0.339 e. The van der Waals surface area contributed by atoms with Gasteiger partial charge in [0.05, 0.1) is 10.5 Å². The largest absolute Gasteiger partial charge is 0.452 e. The predicted octanol–water partition coefficient (Wildman–Crippen LogP) is 2.46. The highest BCUT2D eigenvalue weighted by molar-refractivity contribution is 5.93. The molecule has 0 aliphatic carbocycles. The summed E-state index contributed by atoms with van der Waals surface area (Å²) in [6, 6.07) is 4.22. The van der Waals surface area contributed by atoms with Crippen molar-refractivity contribution in [1.29, 1.82) is 0 Å². The molecule has 0 saturated carbocycles. The summed E-state index contributed by atoms with van der Waals surface area (Å²) in [5, 5.41) is 10.9. The van der Waals surface area contributed by atoms with Gasteiger partial charge in [0.2, 0.25) is 0 Å². The molecule has 2 rings (SSSR count). The minimum Gasteiger partial charge on any atom is -0.452 e. The van der Waals surface area contributed by atoms with Crippen molar-refractivity contribution < 1.29 is 19.2 Å². The van der Waals surface area contributed by atoms with Crippen LogP contribution in [-0.2, 0) is 9.53 Å². The Morgan fingerprint density at radius 2 is 1.87 bits per heavy atom. The first-order chi connectivity index (χ1) is 11.0. The minimum absolute atomic E-state index is 0.114. The SMILES string of the molecule is Cc1c(C(=O)OCC(=O)N2CCCCCC2)cccc1[N+](=O)[O-]. The molecule has 0 N–H and O–H groups in total. The molecule has 1 fully saturated rings. The van der Waals surface area contributed by atoms with Gasteiger partial charge in [-0.1, -0.05) is 18.9 Å². The van der Waals surface area contributed by atoms with Crippen LogP contribution < -0.4 is 0 Å². The van der Waals surface area contributed by atoms with Crippen molar-refractivity contribution in [3.05, 3.63) is 39.4 Å². The molecule has 7 heteroatoms. The molecule has 1 aliphatic rings. The van der Waals surface area contributed by atoms with Gasteiger partial charge in [0.1, 0.15) is 0 Å². The van der Waals surface area contributed by atoms with Gasteiger partial charge in [0, 0.05) is 24.7 Å². The molecule has 7 nitrogen and oxygen atoms in total. The summed E-state index contributed by atoms with van der Waals surface area (Å²) in [5.74, 6) is -0.933. The van der Waals surface area contributed by atoms with Gasteiger partial charge in [-0.2, -0.15) is 0 Å². The van der Waals surface area contributed by atoms with Crippen LogP contribution >= 0.6 is 0 Å². The number of ether oxygens (including phenoxy) is 1. The molecular weight excluding hydrogens is 300 g/mol. The van der Waals surface area contributed by atoms with Crippen LogP contribution in [-0.4, -0.2) is 41.4 Å². The van der Waals surface area contributed by atoms with Crippen molar-refractivity contribution in [3.63, 3.8) is 0 Å². The summed E-state index contributed by atoms with van der Waals surface area (Å²) in [6.07, 6.45) is 4.14. The summed E-state index contributed by atoms with van der Waals surface area (Å²) in [7, 11) is 0. The van der Waals surface area contributed by atoms with E-state index in [9.17, 15) is 19.7 Å². The zero-order valence-corrected chi connectivity index (χ0v) is 13.1. The molecule has 1 aromatic carbocycles. The molecule has 23 heavy (non-hydrogen) atoms. The number of nitro groups is 1. The summed E-state index contributed by atoms with van der Waals surface area (Å²) in [5.41, 5.74) is 0.214. The first-order valence-corrected chi connectivity index (χ1v) is 7.69. The number of carbonyl (C=O) groups is 2. The molecule has 0 atom stereocenters. The van der Waals surface area contributed by atoms with Crippen LogP contribution in [0.4, 0.5) is 5.69 Å². The molecule has 1 amide bonds. The summed E-state index contributed by atoms with van der Waals surface area (Å²) in [4.78, 5) is 36.2. The van der Waals surface area contributed by atoms with E-state index in [1.165, 1.54) is 25.1 Å². The maximum absolute atomic E-state index is 12.1. The molecule has 1 heterocycles. The van der Waals surface area contributed by atoms with Crippen LogP contribution in [0.2, 0.25) is 0 Å². The third-order valence-corrected chi connectivity index (χ3v) is 4.01. The minimum atomic E-state index is -0.714. The number of carbonyl (C=O) groups excluding carboxylic acids is 2. The number of amides is 1. The Morgan fingerprint density at radius 3 is 2.48 bits per heavy atom. The van der Waals surface area contributed by atoms with Gasteiger partial charge in [-0.15, -0.1) is 0 Å². The van der Waals surface area contributed by atoms with Gasteiger partial charge in [-0.3, -0.25) is 14.9 Å². The lowest BCUT2D eigenvalue weighted by atomic mass is 10.1. The Labute approximate surface area is 134 Å². The average molecular weight is 320 g/mol. The predicted molar refractivity (Wildman–Crippen MR) is 83.2 cm³/mol. The van der Waals surface area contributed by atoms with E-state index >= 15 is 0 Å². The number of nitro benzene ring substituents is 1. The molecule has 0 spiro atoms. The van der Waals surface area contributed by atoms with Crippen molar-refractivity contribution in [1.82, 2.24) is 4.90 Å². The fraction of sp³-hybridized carbons (Fsp3) is 0.500. The summed E-state index contributed by atoms with van der Waals surface area (Å²) in [6.45, 7) is 2.53. The van der Waals surface area contributed by atoms with Gasteiger partial charge >= 0.3 is 5.97 Å². The van der Waals surface area contributed by atoms with E-state index in [2.05, 4.69) is 0 Å². The average Bonchev–Trinajstić information content (AvgIpc) is 2.81. The van der Waals surface area contributed by atoms with Crippen LogP contribution in [0.25, 0.3) is 0 Å². The Kier molecular flexibility index (Phi) is 5.67. The second kappa shape index (κ2) is 7.71. The van der Waals surface area contributed by atoms with E-state index in [1.54, 1.807) is 4.90 Å². The second-order valence-corrected chi connectivity index (χ2v) is 5.58. The van der Waals surface area contributed by atoms with Gasteiger partial charge < -0.3 is 9.64 Å². The number of benzene rings is 1. The number of nitrogens with zero attached hydrogens (tertiary/aromatic N) is 2. The van der Waals surface area contributed by atoms with Crippen molar-refractivity contribution in [3.8, 4) is 0 Å². The Bertz CT molecular complexity index is 606. The maximum atomic E-state index is 12.1. The Morgan fingerprint density at radius 1 is 1.22 bits per heavy atom. The first kappa shape index (κ1) is 16.9. The van der Waals surface area contributed by atoms with E-state index < -0.39 is 10.9 Å². The van der Waals surface area contributed by atoms with Crippen LogP contribution in [0, 0.1) is 17.0 Å². The standard InChI is InChI=1S/C16H20N2O5/c1-12-13(7-6-8-14(12)18(21)22)16(20)23-11-15(19)17-9-4-2-3-5-10-17/h6-8H,2-5,9-11H2,1H3. The molecule has 0 radical (unpaired) electrons. The zero-order valence-electron chi connectivity index (χ0n) is 13.1. The number of likely N-dealkylation sites (tertiary alicyclic amines) is 1. The van der Waals surface area contributed by atoms with Gasteiger partial charge in [-0.25, -0.2) is 4.79 Å². The second-order valence-electron chi connectivity index (χ2n) is 5.58. The van der Waals surface area contributed by atoms with E-state index in [4.69, 9.17) is 4.74 Å². The lowest BCUT2D eigenvalue weighted by molar-refractivity contribution is -0.385. The molecule has 1 saturated heterocycles. The number of esters is 1. The van der Waals surface area contributed by atoms with Gasteiger partial charge in [0.15, 0.2) is 6.61 Å². The fourth-order valence-electron chi connectivity index (χ4n) is 2.66. The monoisotopic (exact) mass is 320 g/mol. The number of rotatable bonds is 4. The van der Waals surface area contributed by atoms with Crippen molar-refractivity contribution >= 4 is 17.6 Å². The third-order valence-electron chi connectivity index (χ3n) is 4.01. The molecule has 1 aromatic rings. The molecule has 0 aromatic heterocycles.